The summed E-state index contributed by atoms with van der Waals surface area (Å²) in [5, 5.41) is 13.0. The highest BCUT2D eigenvalue weighted by atomic mass is 32.2. The normalized spacial score (nSPS) is 27.1. The molecule has 0 radical (unpaired) electrons. The summed E-state index contributed by atoms with van der Waals surface area (Å²) >= 11 is 1.50. The number of carbonyl (C=O) groups excluding carboxylic acids is 3. The van der Waals surface area contributed by atoms with E-state index in [4.69, 9.17) is 4.74 Å². The summed E-state index contributed by atoms with van der Waals surface area (Å²) in [5.74, 6) is 1.27. The van der Waals surface area contributed by atoms with E-state index in [0.717, 1.165) is 55.6 Å². The van der Waals surface area contributed by atoms with Gasteiger partial charge in [0.25, 0.3) is 5.91 Å². The van der Waals surface area contributed by atoms with E-state index in [2.05, 4.69) is 21.3 Å². The Labute approximate surface area is 244 Å². The maximum absolute atomic E-state index is 13.7. The molecule has 0 bridgehead atoms. The van der Waals surface area contributed by atoms with Crippen molar-refractivity contribution in [1.29, 1.82) is 0 Å². The number of para-hydroxylation sites is 1. The molecule has 9 nitrogen and oxygen atoms in total. The Morgan fingerprint density at radius 1 is 1.02 bits per heavy atom. The van der Waals surface area contributed by atoms with Gasteiger partial charge in [-0.25, -0.2) is 4.79 Å². The first-order valence-corrected chi connectivity index (χ1v) is 15.5. The highest BCUT2D eigenvalue weighted by molar-refractivity contribution is 8.04. The Bertz CT molecular complexity index is 1370. The van der Waals surface area contributed by atoms with Crippen molar-refractivity contribution in [3.8, 4) is 11.5 Å². The summed E-state index contributed by atoms with van der Waals surface area (Å²) in [6, 6.07) is 14.9. The minimum Gasteiger partial charge on any atom is -0.457 e. The van der Waals surface area contributed by atoms with Gasteiger partial charge in [-0.1, -0.05) is 49.7 Å². The number of rotatable bonds is 7. The molecule has 3 unspecified atom stereocenters. The summed E-state index contributed by atoms with van der Waals surface area (Å²) in [4.78, 5) is 41.8. The number of ether oxygens (including phenoxy) is 1. The van der Waals surface area contributed by atoms with E-state index in [1.54, 1.807) is 0 Å². The van der Waals surface area contributed by atoms with Gasteiger partial charge in [0.05, 0.1) is 16.3 Å². The number of piperidine rings is 1. The topological polar surface area (TPSA) is 112 Å². The average molecular weight is 576 g/mol. The second-order valence-electron chi connectivity index (χ2n) is 11.2. The van der Waals surface area contributed by atoms with E-state index < -0.39 is 0 Å². The van der Waals surface area contributed by atoms with E-state index in [0.29, 0.717) is 22.8 Å². The van der Waals surface area contributed by atoms with Crippen LogP contribution in [0.15, 0.2) is 59.1 Å². The first kappa shape index (κ1) is 27.7. The van der Waals surface area contributed by atoms with E-state index >= 15 is 0 Å². The van der Waals surface area contributed by atoms with Crippen LogP contribution in [0, 0.1) is 12.8 Å². The molecule has 3 aliphatic heterocycles. The molecule has 5 atom stereocenters. The van der Waals surface area contributed by atoms with Crippen molar-refractivity contribution in [2.75, 3.05) is 11.4 Å². The van der Waals surface area contributed by atoms with Crippen molar-refractivity contribution in [2.45, 2.75) is 75.9 Å². The number of urea groups is 1. The van der Waals surface area contributed by atoms with Gasteiger partial charge < -0.3 is 26.0 Å². The maximum Gasteiger partial charge on any atom is 0.326 e. The van der Waals surface area contributed by atoms with Gasteiger partial charge >= 0.3 is 6.03 Å². The van der Waals surface area contributed by atoms with Gasteiger partial charge in [0.1, 0.15) is 11.5 Å². The molecule has 2 aromatic rings. The van der Waals surface area contributed by atoms with Gasteiger partial charge in [-0.3, -0.25) is 14.5 Å². The van der Waals surface area contributed by atoms with Gasteiger partial charge in [-0.2, -0.15) is 0 Å². The van der Waals surface area contributed by atoms with Crippen LogP contribution in [0.4, 0.5) is 10.5 Å². The predicted octanol–water partition coefficient (Wildman–Crippen LogP) is 4.53. The SMILES string of the molecule is CCC(=O)N[C@H]1CCCC[C@H]1NC(=O)C1=C2NC(=O)N(c3ccc(Oc4ccccc4)cc3C)C3CCNC(S1)C23. The second-order valence-corrected chi connectivity index (χ2v) is 12.3. The zero-order chi connectivity index (χ0) is 28.5. The molecule has 1 aliphatic carbocycles. The minimum atomic E-state index is -0.222. The van der Waals surface area contributed by atoms with Crippen LogP contribution in [0.2, 0.25) is 0 Å². The lowest BCUT2D eigenvalue weighted by Gasteiger charge is -2.46. The first-order valence-electron chi connectivity index (χ1n) is 14.6. The van der Waals surface area contributed by atoms with Crippen LogP contribution in [-0.4, -0.2) is 47.9 Å². The number of benzene rings is 2. The van der Waals surface area contributed by atoms with Gasteiger partial charge in [-0.15, -0.1) is 0 Å². The van der Waals surface area contributed by atoms with Crippen molar-refractivity contribution in [1.82, 2.24) is 21.3 Å². The number of nitrogens with one attached hydrogen (secondary N) is 4. The largest absolute Gasteiger partial charge is 0.457 e. The molecule has 3 heterocycles. The lowest BCUT2D eigenvalue weighted by atomic mass is 9.86. The monoisotopic (exact) mass is 575 g/mol. The summed E-state index contributed by atoms with van der Waals surface area (Å²) in [6.07, 6.45) is 4.92. The summed E-state index contributed by atoms with van der Waals surface area (Å²) in [7, 11) is 0. The van der Waals surface area contributed by atoms with E-state index in [1.807, 2.05) is 67.3 Å². The Morgan fingerprint density at radius 2 is 1.78 bits per heavy atom. The third-order valence-electron chi connectivity index (χ3n) is 8.50. The minimum absolute atomic E-state index is 0.000990. The maximum atomic E-state index is 13.7. The van der Waals surface area contributed by atoms with Gasteiger partial charge in [0.15, 0.2) is 0 Å². The molecule has 2 saturated heterocycles. The Hall–Kier alpha value is -3.50. The molecule has 2 aromatic carbocycles. The number of aryl methyl sites for hydroxylation is 1. The molecule has 10 heteroatoms. The second kappa shape index (κ2) is 11.8. The molecule has 3 fully saturated rings. The number of thioether (sulfide) groups is 1. The lowest BCUT2D eigenvalue weighted by Crippen LogP contribution is -2.62. The van der Waals surface area contributed by atoms with Crippen LogP contribution in [0.1, 0.15) is 51.0 Å². The molecule has 41 heavy (non-hydrogen) atoms. The molecule has 6 rings (SSSR count). The summed E-state index contributed by atoms with van der Waals surface area (Å²) in [6.45, 7) is 4.58. The Balaban J connectivity index is 1.22. The molecular weight excluding hydrogens is 538 g/mol. The van der Waals surface area contributed by atoms with Crippen LogP contribution in [-0.2, 0) is 9.59 Å². The third kappa shape index (κ3) is 5.55. The fourth-order valence-electron chi connectivity index (χ4n) is 6.51. The molecule has 0 spiro atoms. The molecule has 216 valence electrons. The first-order chi connectivity index (χ1) is 19.9. The lowest BCUT2D eigenvalue weighted by molar-refractivity contribution is -0.123. The van der Waals surface area contributed by atoms with Crippen molar-refractivity contribution >= 4 is 35.3 Å². The molecule has 4 amide bonds. The summed E-state index contributed by atoms with van der Waals surface area (Å²) < 4.78 is 6.01. The predicted molar refractivity (Wildman–Crippen MR) is 160 cm³/mol. The van der Waals surface area contributed by atoms with Crippen molar-refractivity contribution in [3.05, 3.63) is 64.7 Å². The fourth-order valence-corrected chi connectivity index (χ4v) is 7.91. The highest BCUT2D eigenvalue weighted by Crippen LogP contribution is 2.48. The molecule has 1 saturated carbocycles. The molecule has 4 aliphatic rings. The Kier molecular flexibility index (Phi) is 7.94. The van der Waals surface area contributed by atoms with Crippen molar-refractivity contribution in [2.24, 2.45) is 5.92 Å². The molecule has 0 aromatic heterocycles. The van der Waals surface area contributed by atoms with E-state index in [-0.39, 0.29) is 47.3 Å². The zero-order valence-electron chi connectivity index (χ0n) is 23.4. The van der Waals surface area contributed by atoms with Crippen LogP contribution >= 0.6 is 11.8 Å². The number of hydrogen-bond donors (Lipinski definition) is 4. The summed E-state index contributed by atoms with van der Waals surface area (Å²) in [5.41, 5.74) is 2.49. The zero-order valence-corrected chi connectivity index (χ0v) is 24.3. The number of nitrogens with zero attached hydrogens (tertiary/aromatic N) is 1. The van der Waals surface area contributed by atoms with E-state index in [9.17, 15) is 14.4 Å². The van der Waals surface area contributed by atoms with Crippen LogP contribution in [0.3, 0.4) is 0 Å². The Morgan fingerprint density at radius 3 is 2.51 bits per heavy atom. The van der Waals surface area contributed by atoms with Crippen LogP contribution < -0.4 is 30.9 Å². The average Bonchev–Trinajstić information content (AvgIpc) is 3.35. The van der Waals surface area contributed by atoms with E-state index in [1.165, 1.54) is 11.8 Å². The van der Waals surface area contributed by atoms with Gasteiger partial charge in [-0.05, 0) is 68.6 Å². The number of amides is 4. The number of hydrogen-bond acceptors (Lipinski definition) is 6. The quantitative estimate of drug-likeness (QED) is 0.386. The smallest absolute Gasteiger partial charge is 0.326 e. The number of carbonyl (C=O) groups is 3. The van der Waals surface area contributed by atoms with Gasteiger partial charge in [0, 0.05) is 35.8 Å². The van der Waals surface area contributed by atoms with Crippen LogP contribution in [0.5, 0.6) is 11.5 Å². The number of anilines is 1. The van der Waals surface area contributed by atoms with Crippen molar-refractivity contribution < 1.29 is 19.1 Å². The van der Waals surface area contributed by atoms with Gasteiger partial charge in [0.2, 0.25) is 5.91 Å². The highest BCUT2D eigenvalue weighted by Gasteiger charge is 2.52. The standard InChI is InChI=1S/C31H37N5O4S/c1-3-25(37)33-21-11-7-8-12-22(21)34-29(38)28-27-26-24(15-16-32-30(26)41-28)36(31(39)35-27)23-14-13-20(17-18(23)2)40-19-9-5-4-6-10-19/h4-6,9-10,13-14,17,21-22,24,26,30,32H,3,7-8,11-12,15-16H2,1-2H3,(H,33,37)(H,34,38)(H,35,39)/t21-,22+,24?,26?,30?/m0/s1. The fraction of sp³-hybridized carbons (Fsp3) is 0.452. The van der Waals surface area contributed by atoms with Crippen molar-refractivity contribution in [3.63, 3.8) is 0 Å². The third-order valence-corrected chi connectivity index (χ3v) is 9.86. The molecular formula is C31H37N5O4S. The van der Waals surface area contributed by atoms with Crippen LogP contribution in [0.25, 0.3) is 0 Å². The molecule has 4 N–H and O–H groups in total.